The Bertz CT molecular complexity index is 654. The van der Waals surface area contributed by atoms with Crippen molar-refractivity contribution in [1.29, 1.82) is 0 Å². The molecule has 0 aromatic rings. The summed E-state index contributed by atoms with van der Waals surface area (Å²) in [5.41, 5.74) is 10.5. The number of aliphatic hydroxyl groups is 1. The number of hydrogen-bond donors (Lipinski definition) is 7. The number of rotatable bonds is 14. The van der Waals surface area contributed by atoms with Crippen LogP contribution in [0.5, 0.6) is 0 Å². The zero-order chi connectivity index (χ0) is 24.3. The molecule has 0 saturated carbocycles. The molecule has 12 heteroatoms. The van der Waals surface area contributed by atoms with Gasteiger partial charge >= 0.3 is 5.97 Å². The van der Waals surface area contributed by atoms with Gasteiger partial charge in [-0.2, -0.15) is 0 Å². The Morgan fingerprint density at radius 1 is 0.871 bits per heavy atom. The van der Waals surface area contributed by atoms with Crippen LogP contribution >= 0.6 is 0 Å². The molecule has 0 heterocycles. The summed E-state index contributed by atoms with van der Waals surface area (Å²) >= 11 is 0. The van der Waals surface area contributed by atoms with Crippen LogP contribution < -0.4 is 27.4 Å². The molecule has 0 aromatic heterocycles. The van der Waals surface area contributed by atoms with Crippen molar-refractivity contribution in [2.24, 2.45) is 23.3 Å². The van der Waals surface area contributed by atoms with Gasteiger partial charge in [0.05, 0.1) is 6.61 Å². The highest BCUT2D eigenvalue weighted by Gasteiger charge is 2.32. The van der Waals surface area contributed by atoms with E-state index >= 15 is 0 Å². The smallest absolute Gasteiger partial charge is 0.326 e. The van der Waals surface area contributed by atoms with Gasteiger partial charge in [0.15, 0.2) is 0 Å². The van der Waals surface area contributed by atoms with E-state index in [9.17, 15) is 29.1 Å². The van der Waals surface area contributed by atoms with E-state index in [2.05, 4.69) is 16.0 Å². The molecule has 0 aliphatic rings. The first-order chi connectivity index (χ1) is 14.3. The SMILES string of the molecule is CC(C)CC(NC(=O)C(NC(=O)C(N)CO)C(C)C)C(=O)NC(CCC(N)=O)C(=O)O. The summed E-state index contributed by atoms with van der Waals surface area (Å²) in [5.74, 6) is -4.55. The largest absolute Gasteiger partial charge is 0.480 e. The lowest BCUT2D eigenvalue weighted by Crippen LogP contribution is -2.59. The maximum absolute atomic E-state index is 12.8. The van der Waals surface area contributed by atoms with Crippen LogP contribution in [0.1, 0.15) is 47.0 Å². The van der Waals surface area contributed by atoms with Gasteiger partial charge in [-0.05, 0) is 24.7 Å². The molecule has 178 valence electrons. The molecule has 4 unspecified atom stereocenters. The summed E-state index contributed by atoms with van der Waals surface area (Å²) in [6.07, 6.45) is -0.220. The van der Waals surface area contributed by atoms with Crippen molar-refractivity contribution in [1.82, 2.24) is 16.0 Å². The summed E-state index contributed by atoms with van der Waals surface area (Å²) in [4.78, 5) is 59.8. The van der Waals surface area contributed by atoms with Gasteiger partial charge in [0.2, 0.25) is 23.6 Å². The first-order valence-electron chi connectivity index (χ1n) is 10.1. The molecule has 31 heavy (non-hydrogen) atoms. The monoisotopic (exact) mass is 445 g/mol. The molecule has 0 rings (SSSR count). The number of carbonyl (C=O) groups excluding carboxylic acids is 4. The average molecular weight is 446 g/mol. The van der Waals surface area contributed by atoms with Crippen LogP contribution in [0.4, 0.5) is 0 Å². The van der Waals surface area contributed by atoms with E-state index in [-0.39, 0.29) is 31.1 Å². The van der Waals surface area contributed by atoms with Gasteiger partial charge in [-0.1, -0.05) is 27.7 Å². The Morgan fingerprint density at radius 3 is 1.84 bits per heavy atom. The first-order valence-corrected chi connectivity index (χ1v) is 10.1. The Morgan fingerprint density at radius 2 is 1.42 bits per heavy atom. The molecule has 4 amide bonds. The number of nitrogens with one attached hydrogen (secondary N) is 3. The number of amides is 4. The summed E-state index contributed by atoms with van der Waals surface area (Å²) in [6.45, 7) is 6.39. The molecule has 4 atom stereocenters. The van der Waals surface area contributed by atoms with Gasteiger partial charge in [-0.3, -0.25) is 19.2 Å². The quantitative estimate of drug-likeness (QED) is 0.155. The minimum Gasteiger partial charge on any atom is -0.480 e. The fraction of sp³-hybridized carbons (Fsp3) is 0.737. The standard InChI is InChI=1S/C19H35N5O7/c1-9(2)7-13(17(28)22-12(19(30)31)5-6-14(21)26)23-18(29)15(10(3)4)24-16(27)11(20)8-25/h9-13,15,25H,5-8,20H2,1-4H3,(H2,21,26)(H,22,28)(H,23,29)(H,24,27)(H,30,31). The molecule has 0 aromatic carbocycles. The first kappa shape index (κ1) is 28.3. The van der Waals surface area contributed by atoms with Crippen molar-refractivity contribution in [2.75, 3.05) is 6.61 Å². The normalized spacial score (nSPS) is 15.0. The molecular weight excluding hydrogens is 410 g/mol. The fourth-order valence-electron chi connectivity index (χ4n) is 2.66. The van der Waals surface area contributed by atoms with Crippen LogP contribution in [-0.4, -0.2) is 70.6 Å². The molecule has 0 spiro atoms. The Balaban J connectivity index is 5.40. The van der Waals surface area contributed by atoms with E-state index in [1.165, 1.54) is 0 Å². The molecule has 0 saturated heterocycles. The van der Waals surface area contributed by atoms with Crippen LogP contribution in [0.25, 0.3) is 0 Å². The van der Waals surface area contributed by atoms with E-state index < -0.39 is 60.4 Å². The Hall–Kier alpha value is -2.73. The third-order valence-electron chi connectivity index (χ3n) is 4.41. The lowest BCUT2D eigenvalue weighted by atomic mass is 9.99. The molecule has 0 aliphatic heterocycles. The molecule has 0 fully saturated rings. The topological polar surface area (TPSA) is 214 Å². The lowest BCUT2D eigenvalue weighted by Gasteiger charge is -2.27. The third kappa shape index (κ3) is 10.7. The number of nitrogens with two attached hydrogens (primary N) is 2. The van der Waals surface area contributed by atoms with Crippen LogP contribution in [0.3, 0.4) is 0 Å². The molecule has 0 bridgehead atoms. The molecule has 9 N–H and O–H groups in total. The highest BCUT2D eigenvalue weighted by molar-refractivity contribution is 5.94. The average Bonchev–Trinajstić information content (AvgIpc) is 2.66. The van der Waals surface area contributed by atoms with E-state index in [0.29, 0.717) is 0 Å². The lowest BCUT2D eigenvalue weighted by molar-refractivity contribution is -0.142. The summed E-state index contributed by atoms with van der Waals surface area (Å²) in [5, 5.41) is 25.6. The van der Waals surface area contributed by atoms with E-state index in [1.54, 1.807) is 13.8 Å². The number of hydrogen-bond acceptors (Lipinski definition) is 7. The van der Waals surface area contributed by atoms with Crippen LogP contribution in [0, 0.1) is 11.8 Å². The van der Waals surface area contributed by atoms with Crippen LogP contribution in [-0.2, 0) is 24.0 Å². The van der Waals surface area contributed by atoms with Crippen LogP contribution in [0.2, 0.25) is 0 Å². The minimum absolute atomic E-state index is 0.0279. The van der Waals surface area contributed by atoms with Crippen molar-refractivity contribution >= 4 is 29.6 Å². The van der Waals surface area contributed by atoms with E-state index in [1.807, 2.05) is 13.8 Å². The Labute approximate surface area is 181 Å². The van der Waals surface area contributed by atoms with Gasteiger partial charge in [-0.25, -0.2) is 4.79 Å². The number of aliphatic carboxylic acids is 1. The predicted octanol–water partition coefficient (Wildman–Crippen LogP) is -2.19. The van der Waals surface area contributed by atoms with Gasteiger partial charge in [0, 0.05) is 6.42 Å². The maximum atomic E-state index is 12.8. The van der Waals surface area contributed by atoms with Gasteiger partial charge in [0.25, 0.3) is 0 Å². The van der Waals surface area contributed by atoms with Crippen molar-refractivity contribution < 1.29 is 34.2 Å². The third-order valence-corrected chi connectivity index (χ3v) is 4.41. The summed E-state index contributed by atoms with van der Waals surface area (Å²) < 4.78 is 0. The van der Waals surface area contributed by atoms with Crippen LogP contribution in [0.15, 0.2) is 0 Å². The predicted molar refractivity (Wildman–Crippen MR) is 111 cm³/mol. The second-order valence-corrected chi connectivity index (χ2v) is 8.11. The number of carboxylic acids is 1. The highest BCUT2D eigenvalue weighted by Crippen LogP contribution is 2.09. The summed E-state index contributed by atoms with van der Waals surface area (Å²) in [7, 11) is 0. The number of aliphatic hydroxyl groups excluding tert-OH is 1. The maximum Gasteiger partial charge on any atom is 0.326 e. The number of carboxylic acid groups (broad SMARTS) is 1. The summed E-state index contributed by atoms with van der Waals surface area (Å²) in [6, 6.07) is -4.66. The molecular formula is C19H35N5O7. The van der Waals surface area contributed by atoms with Gasteiger partial charge < -0.3 is 37.6 Å². The molecule has 0 aliphatic carbocycles. The van der Waals surface area contributed by atoms with Crippen molar-refractivity contribution in [3.05, 3.63) is 0 Å². The van der Waals surface area contributed by atoms with Crippen molar-refractivity contribution in [2.45, 2.75) is 71.1 Å². The minimum atomic E-state index is -1.35. The molecule has 12 nitrogen and oxygen atoms in total. The second kappa shape index (κ2) is 13.5. The fourth-order valence-corrected chi connectivity index (χ4v) is 2.66. The number of carbonyl (C=O) groups is 5. The zero-order valence-electron chi connectivity index (χ0n) is 18.4. The van der Waals surface area contributed by atoms with E-state index in [4.69, 9.17) is 16.6 Å². The van der Waals surface area contributed by atoms with Crippen molar-refractivity contribution in [3.63, 3.8) is 0 Å². The van der Waals surface area contributed by atoms with E-state index in [0.717, 1.165) is 0 Å². The zero-order valence-corrected chi connectivity index (χ0v) is 18.4. The second-order valence-electron chi connectivity index (χ2n) is 8.11. The highest BCUT2D eigenvalue weighted by atomic mass is 16.4. The molecule has 0 radical (unpaired) electrons. The Kier molecular flexibility index (Phi) is 12.4. The van der Waals surface area contributed by atoms with Gasteiger partial charge in [-0.15, -0.1) is 0 Å². The van der Waals surface area contributed by atoms with Crippen molar-refractivity contribution in [3.8, 4) is 0 Å². The van der Waals surface area contributed by atoms with Gasteiger partial charge in [0.1, 0.15) is 24.2 Å². The number of primary amides is 1.